The predicted octanol–water partition coefficient (Wildman–Crippen LogP) is 6.48. The minimum atomic E-state index is -0.443. The lowest BCUT2D eigenvalue weighted by Crippen LogP contribution is -2.34. The van der Waals surface area contributed by atoms with Crippen molar-refractivity contribution in [2.75, 3.05) is 18.1 Å². The van der Waals surface area contributed by atoms with Gasteiger partial charge >= 0.3 is 12.1 Å². The first-order valence-corrected chi connectivity index (χ1v) is 11.5. The molecule has 33 heavy (non-hydrogen) atoms. The number of nitrogens with zero attached hydrogens (tertiary/aromatic N) is 1. The topological polar surface area (TPSA) is 55.8 Å². The van der Waals surface area contributed by atoms with Crippen LogP contribution in [0.5, 0.6) is 5.75 Å². The molecule has 0 aliphatic heterocycles. The van der Waals surface area contributed by atoms with Gasteiger partial charge in [-0.15, -0.1) is 0 Å². The summed E-state index contributed by atoms with van der Waals surface area (Å²) in [7, 11) is 0. The van der Waals surface area contributed by atoms with Crippen molar-refractivity contribution in [1.29, 1.82) is 0 Å². The molecule has 0 heterocycles. The van der Waals surface area contributed by atoms with Gasteiger partial charge in [0.05, 0.1) is 5.69 Å². The summed E-state index contributed by atoms with van der Waals surface area (Å²) >= 11 is 0. The highest BCUT2D eigenvalue weighted by molar-refractivity contribution is 5.92. The molecule has 1 aliphatic carbocycles. The van der Waals surface area contributed by atoms with Crippen molar-refractivity contribution < 1.29 is 19.1 Å². The Labute approximate surface area is 194 Å². The van der Waals surface area contributed by atoms with Gasteiger partial charge in [0, 0.05) is 18.9 Å². The van der Waals surface area contributed by atoms with E-state index in [2.05, 4.69) is 24.3 Å². The average molecular weight is 444 g/mol. The SMILES string of the molecule is CCCN(C(=O)OCC1c2ccccc2-c2ccccc21)c1c(C)cccc1OC(=O)CC. The van der Waals surface area contributed by atoms with Crippen LogP contribution in [-0.4, -0.2) is 25.2 Å². The largest absolute Gasteiger partial charge is 0.448 e. The average Bonchev–Trinajstić information content (AvgIpc) is 3.15. The van der Waals surface area contributed by atoms with Gasteiger partial charge in [-0.05, 0) is 47.2 Å². The summed E-state index contributed by atoms with van der Waals surface area (Å²) in [5.74, 6) is 0.0220. The molecule has 4 rings (SSSR count). The maximum Gasteiger partial charge on any atom is 0.414 e. The first-order chi connectivity index (χ1) is 16.0. The van der Waals surface area contributed by atoms with Crippen LogP contribution in [0.3, 0.4) is 0 Å². The van der Waals surface area contributed by atoms with Crippen molar-refractivity contribution in [1.82, 2.24) is 0 Å². The Morgan fingerprint density at radius 2 is 1.52 bits per heavy atom. The van der Waals surface area contributed by atoms with Crippen LogP contribution < -0.4 is 9.64 Å². The number of rotatable bonds is 7. The van der Waals surface area contributed by atoms with Crippen LogP contribution in [-0.2, 0) is 9.53 Å². The van der Waals surface area contributed by atoms with Crippen LogP contribution in [0, 0.1) is 6.92 Å². The van der Waals surface area contributed by atoms with Gasteiger partial charge < -0.3 is 9.47 Å². The van der Waals surface area contributed by atoms with Gasteiger partial charge in [-0.2, -0.15) is 0 Å². The number of aryl methyl sites for hydroxylation is 1. The Morgan fingerprint density at radius 1 is 0.879 bits per heavy atom. The summed E-state index contributed by atoms with van der Waals surface area (Å²) in [4.78, 5) is 26.9. The van der Waals surface area contributed by atoms with E-state index < -0.39 is 6.09 Å². The number of hydrogen-bond acceptors (Lipinski definition) is 4. The lowest BCUT2D eigenvalue weighted by molar-refractivity contribution is -0.133. The molecular formula is C28H29NO4. The van der Waals surface area contributed by atoms with E-state index in [-0.39, 0.29) is 24.9 Å². The number of carbonyl (C=O) groups excluding carboxylic acids is 2. The fourth-order valence-corrected chi connectivity index (χ4v) is 4.45. The van der Waals surface area contributed by atoms with Crippen molar-refractivity contribution in [2.45, 2.75) is 39.5 Å². The Hall–Kier alpha value is -3.60. The summed E-state index contributed by atoms with van der Waals surface area (Å²) in [6.07, 6.45) is 0.549. The molecule has 0 fully saturated rings. The third-order valence-corrected chi connectivity index (χ3v) is 5.99. The highest BCUT2D eigenvalue weighted by atomic mass is 16.6. The first kappa shape index (κ1) is 22.6. The molecule has 5 heteroatoms. The number of anilines is 1. The highest BCUT2D eigenvalue weighted by Crippen LogP contribution is 2.44. The van der Waals surface area contributed by atoms with E-state index in [1.165, 1.54) is 22.3 Å². The van der Waals surface area contributed by atoms with E-state index in [0.29, 0.717) is 18.0 Å². The second-order valence-electron chi connectivity index (χ2n) is 8.20. The van der Waals surface area contributed by atoms with Crippen molar-refractivity contribution in [3.8, 4) is 16.9 Å². The van der Waals surface area contributed by atoms with Crippen molar-refractivity contribution in [3.63, 3.8) is 0 Å². The monoisotopic (exact) mass is 443 g/mol. The van der Waals surface area contributed by atoms with Crippen LogP contribution in [0.15, 0.2) is 66.7 Å². The minimum absolute atomic E-state index is 0.0147. The van der Waals surface area contributed by atoms with Gasteiger partial charge in [0.25, 0.3) is 0 Å². The normalized spacial score (nSPS) is 12.1. The predicted molar refractivity (Wildman–Crippen MR) is 130 cm³/mol. The fourth-order valence-electron chi connectivity index (χ4n) is 4.45. The summed E-state index contributed by atoms with van der Waals surface area (Å²) in [5.41, 5.74) is 6.14. The van der Waals surface area contributed by atoms with Crippen LogP contribution >= 0.6 is 0 Å². The molecule has 3 aromatic rings. The molecule has 0 saturated heterocycles. The summed E-state index contributed by atoms with van der Waals surface area (Å²) in [6.45, 7) is 6.34. The maximum atomic E-state index is 13.3. The van der Waals surface area contributed by atoms with Crippen molar-refractivity contribution >= 4 is 17.7 Å². The molecule has 170 valence electrons. The number of fused-ring (bicyclic) bond motifs is 3. The van der Waals surface area contributed by atoms with E-state index in [9.17, 15) is 9.59 Å². The quantitative estimate of drug-likeness (QED) is 0.310. The standard InChI is InChI=1S/C28H29NO4/c1-4-17-29(27-19(3)11-10-16-25(27)33-26(30)5-2)28(31)32-18-24-22-14-8-6-12-20(22)21-13-7-9-15-23(21)24/h6-16,24H,4-5,17-18H2,1-3H3. The van der Waals surface area contributed by atoms with Gasteiger partial charge in [0.2, 0.25) is 0 Å². The van der Waals surface area contributed by atoms with E-state index in [1.807, 2.05) is 50.2 Å². The van der Waals surface area contributed by atoms with Gasteiger partial charge in [-0.3, -0.25) is 9.69 Å². The summed E-state index contributed by atoms with van der Waals surface area (Å²) in [6, 6.07) is 22.0. The van der Waals surface area contributed by atoms with Gasteiger partial charge in [-0.1, -0.05) is 74.5 Å². The molecule has 0 bridgehead atoms. The molecule has 0 saturated carbocycles. The number of amides is 1. The molecule has 0 radical (unpaired) electrons. The van der Waals surface area contributed by atoms with E-state index in [1.54, 1.807) is 17.9 Å². The second kappa shape index (κ2) is 9.90. The molecule has 0 spiro atoms. The molecule has 0 N–H and O–H groups in total. The molecule has 0 aromatic heterocycles. The lowest BCUT2D eigenvalue weighted by Gasteiger charge is -2.26. The second-order valence-corrected chi connectivity index (χ2v) is 8.20. The van der Waals surface area contributed by atoms with E-state index >= 15 is 0 Å². The zero-order valence-electron chi connectivity index (χ0n) is 19.3. The molecule has 0 atom stereocenters. The smallest absolute Gasteiger partial charge is 0.414 e. The van der Waals surface area contributed by atoms with E-state index in [4.69, 9.17) is 9.47 Å². The third-order valence-electron chi connectivity index (χ3n) is 5.99. The Balaban J connectivity index is 1.60. The maximum absolute atomic E-state index is 13.3. The van der Waals surface area contributed by atoms with Crippen molar-refractivity contribution in [2.24, 2.45) is 0 Å². The van der Waals surface area contributed by atoms with Crippen LogP contribution in [0.1, 0.15) is 49.3 Å². The molecule has 1 amide bonds. The minimum Gasteiger partial charge on any atom is -0.448 e. The number of carbonyl (C=O) groups is 2. The first-order valence-electron chi connectivity index (χ1n) is 11.5. The molecule has 3 aromatic carbocycles. The number of esters is 1. The molecule has 5 nitrogen and oxygen atoms in total. The Bertz CT molecular complexity index is 1120. The lowest BCUT2D eigenvalue weighted by atomic mass is 9.98. The van der Waals surface area contributed by atoms with Crippen molar-refractivity contribution in [3.05, 3.63) is 83.4 Å². The third kappa shape index (κ3) is 4.49. The van der Waals surface area contributed by atoms with Gasteiger partial charge in [0.15, 0.2) is 5.75 Å². The zero-order chi connectivity index (χ0) is 23.4. The van der Waals surface area contributed by atoms with Crippen LogP contribution in [0.4, 0.5) is 10.5 Å². The van der Waals surface area contributed by atoms with Crippen LogP contribution in [0.25, 0.3) is 11.1 Å². The fraction of sp³-hybridized carbons (Fsp3) is 0.286. The molecular weight excluding hydrogens is 414 g/mol. The Kier molecular flexibility index (Phi) is 6.78. The Morgan fingerprint density at radius 3 is 2.12 bits per heavy atom. The van der Waals surface area contributed by atoms with Crippen LogP contribution in [0.2, 0.25) is 0 Å². The summed E-state index contributed by atoms with van der Waals surface area (Å²) < 4.78 is 11.4. The van der Waals surface area contributed by atoms with Gasteiger partial charge in [0.1, 0.15) is 6.61 Å². The highest BCUT2D eigenvalue weighted by Gasteiger charge is 2.30. The molecule has 0 unspecified atom stereocenters. The molecule has 1 aliphatic rings. The number of hydrogen-bond donors (Lipinski definition) is 0. The zero-order valence-corrected chi connectivity index (χ0v) is 19.3. The van der Waals surface area contributed by atoms with Gasteiger partial charge in [-0.25, -0.2) is 4.79 Å². The number of benzene rings is 3. The van der Waals surface area contributed by atoms with E-state index in [0.717, 1.165) is 12.0 Å². The number of para-hydroxylation sites is 1. The number of ether oxygens (including phenoxy) is 2. The summed E-state index contributed by atoms with van der Waals surface area (Å²) in [5, 5.41) is 0.